The summed E-state index contributed by atoms with van der Waals surface area (Å²) in [7, 11) is 0. The van der Waals surface area contributed by atoms with Gasteiger partial charge in [0.15, 0.2) is 11.0 Å². The summed E-state index contributed by atoms with van der Waals surface area (Å²) in [6.07, 6.45) is 2.34. The van der Waals surface area contributed by atoms with Crippen molar-refractivity contribution in [1.82, 2.24) is 9.97 Å². The van der Waals surface area contributed by atoms with Crippen LogP contribution in [0.4, 0.5) is 5.82 Å². The lowest BCUT2D eigenvalue weighted by molar-refractivity contribution is 0.566. The van der Waals surface area contributed by atoms with Gasteiger partial charge in [0, 0.05) is 6.54 Å². The Hall–Kier alpha value is -0.830. The molecule has 0 saturated heterocycles. The highest BCUT2D eigenvalue weighted by molar-refractivity contribution is 6.31. The monoisotopic (exact) mass is 241 g/mol. The molecule has 3 nitrogen and oxygen atoms in total. The zero-order valence-corrected chi connectivity index (χ0v) is 11.2. The minimum Gasteiger partial charge on any atom is -0.368 e. The van der Waals surface area contributed by atoms with Crippen LogP contribution in [0.5, 0.6) is 0 Å². The number of anilines is 1. The number of hydrogen-bond donors (Lipinski definition) is 1. The van der Waals surface area contributed by atoms with E-state index in [0.29, 0.717) is 11.0 Å². The summed E-state index contributed by atoms with van der Waals surface area (Å²) in [6, 6.07) is 0. The summed E-state index contributed by atoms with van der Waals surface area (Å²) < 4.78 is 0. The van der Waals surface area contributed by atoms with Crippen molar-refractivity contribution in [1.29, 1.82) is 0 Å². The number of rotatable bonds is 5. The maximum atomic E-state index is 6.01. The first kappa shape index (κ1) is 13.2. The highest BCUT2D eigenvalue weighted by Crippen LogP contribution is 2.18. The van der Waals surface area contributed by atoms with Gasteiger partial charge < -0.3 is 5.32 Å². The van der Waals surface area contributed by atoms with Crippen molar-refractivity contribution in [3.63, 3.8) is 0 Å². The molecule has 1 N–H and O–H groups in total. The second-order valence-corrected chi connectivity index (χ2v) is 4.85. The number of nitrogens with one attached hydrogen (secondary N) is 1. The Balaban J connectivity index is 2.51. The lowest BCUT2D eigenvalue weighted by atomic mass is 10.1. The molecule has 16 heavy (non-hydrogen) atoms. The van der Waals surface area contributed by atoms with E-state index in [2.05, 4.69) is 29.1 Å². The van der Waals surface area contributed by atoms with Crippen LogP contribution in [0.2, 0.25) is 5.15 Å². The molecule has 1 heterocycles. The van der Waals surface area contributed by atoms with Gasteiger partial charge >= 0.3 is 0 Å². The van der Waals surface area contributed by atoms with Crippen LogP contribution < -0.4 is 5.32 Å². The summed E-state index contributed by atoms with van der Waals surface area (Å²) >= 11 is 6.01. The molecule has 0 fully saturated rings. The fourth-order valence-electron chi connectivity index (χ4n) is 1.41. The summed E-state index contributed by atoms with van der Waals surface area (Å²) in [5, 5.41) is 3.70. The third-order valence-electron chi connectivity index (χ3n) is 2.52. The number of nitrogens with zero attached hydrogens (tertiary/aromatic N) is 2. The molecule has 0 aliphatic heterocycles. The minimum atomic E-state index is 0.465. The van der Waals surface area contributed by atoms with E-state index in [4.69, 9.17) is 11.6 Å². The molecule has 0 spiro atoms. The molecule has 0 aliphatic rings. The Kier molecular flexibility index (Phi) is 5.00. The van der Waals surface area contributed by atoms with Gasteiger partial charge in [-0.15, -0.1) is 0 Å². The zero-order valence-electron chi connectivity index (χ0n) is 10.5. The number of aryl methyl sites for hydroxylation is 2. The Morgan fingerprint density at radius 3 is 2.44 bits per heavy atom. The maximum absolute atomic E-state index is 6.01. The SMILES string of the molecule is Cc1nc(Cl)c(NCCCC(C)C)nc1C. The lowest BCUT2D eigenvalue weighted by Crippen LogP contribution is -2.07. The molecule has 1 rings (SSSR count). The van der Waals surface area contributed by atoms with Gasteiger partial charge in [0.05, 0.1) is 11.4 Å². The summed E-state index contributed by atoms with van der Waals surface area (Å²) in [5.74, 6) is 1.44. The topological polar surface area (TPSA) is 37.8 Å². The van der Waals surface area contributed by atoms with Gasteiger partial charge in [-0.25, -0.2) is 9.97 Å². The normalized spacial score (nSPS) is 10.9. The van der Waals surface area contributed by atoms with Crippen LogP contribution in [0.25, 0.3) is 0 Å². The Morgan fingerprint density at radius 1 is 1.19 bits per heavy atom. The predicted octanol–water partition coefficient (Wildman–Crippen LogP) is 3.59. The van der Waals surface area contributed by atoms with Crippen molar-refractivity contribution < 1.29 is 0 Å². The van der Waals surface area contributed by atoms with Crippen molar-refractivity contribution in [2.24, 2.45) is 5.92 Å². The van der Waals surface area contributed by atoms with Crippen LogP contribution in [-0.4, -0.2) is 16.5 Å². The molecule has 4 heteroatoms. The van der Waals surface area contributed by atoms with Gasteiger partial charge in [0.2, 0.25) is 0 Å². The molecule has 0 unspecified atom stereocenters. The van der Waals surface area contributed by atoms with Gasteiger partial charge in [0.1, 0.15) is 0 Å². The van der Waals surface area contributed by atoms with Crippen molar-refractivity contribution in [2.75, 3.05) is 11.9 Å². The van der Waals surface area contributed by atoms with E-state index in [9.17, 15) is 0 Å². The molecular weight excluding hydrogens is 222 g/mol. The number of hydrogen-bond acceptors (Lipinski definition) is 3. The van der Waals surface area contributed by atoms with Gasteiger partial charge in [0.25, 0.3) is 0 Å². The summed E-state index contributed by atoms with van der Waals surface area (Å²) in [4.78, 5) is 8.61. The highest BCUT2D eigenvalue weighted by atomic mass is 35.5. The van der Waals surface area contributed by atoms with E-state index < -0.39 is 0 Å². The maximum Gasteiger partial charge on any atom is 0.171 e. The third-order valence-corrected chi connectivity index (χ3v) is 2.78. The van der Waals surface area contributed by atoms with E-state index in [1.165, 1.54) is 6.42 Å². The van der Waals surface area contributed by atoms with E-state index in [1.54, 1.807) is 0 Å². The lowest BCUT2D eigenvalue weighted by Gasteiger charge is -2.09. The molecule has 0 bridgehead atoms. The van der Waals surface area contributed by atoms with Crippen molar-refractivity contribution >= 4 is 17.4 Å². The molecule has 1 aromatic rings. The smallest absolute Gasteiger partial charge is 0.171 e. The van der Waals surface area contributed by atoms with Crippen LogP contribution in [0.3, 0.4) is 0 Å². The molecule has 0 saturated carbocycles. The first-order valence-electron chi connectivity index (χ1n) is 5.75. The average molecular weight is 242 g/mol. The molecule has 90 valence electrons. The Morgan fingerprint density at radius 2 is 1.81 bits per heavy atom. The van der Waals surface area contributed by atoms with E-state index >= 15 is 0 Å². The molecule has 0 aromatic carbocycles. The van der Waals surface area contributed by atoms with Crippen molar-refractivity contribution in [3.05, 3.63) is 16.5 Å². The summed E-state index contributed by atoms with van der Waals surface area (Å²) in [6.45, 7) is 9.20. The Bertz CT molecular complexity index is 350. The van der Waals surface area contributed by atoms with E-state index in [0.717, 1.165) is 30.3 Å². The summed E-state index contributed by atoms with van der Waals surface area (Å²) in [5.41, 5.74) is 1.81. The standard InChI is InChI=1S/C12H20ClN3/c1-8(2)6-5-7-14-12-11(13)15-9(3)10(4)16-12/h8H,5-7H2,1-4H3,(H,14,16). The fraction of sp³-hybridized carbons (Fsp3) is 0.667. The molecular formula is C12H20ClN3. The molecule has 0 atom stereocenters. The first-order valence-corrected chi connectivity index (χ1v) is 6.13. The van der Waals surface area contributed by atoms with Crippen molar-refractivity contribution in [3.8, 4) is 0 Å². The average Bonchev–Trinajstić information content (AvgIpc) is 2.19. The van der Waals surface area contributed by atoms with Gasteiger partial charge in [-0.3, -0.25) is 0 Å². The van der Waals surface area contributed by atoms with E-state index in [1.807, 2.05) is 13.8 Å². The number of aromatic nitrogens is 2. The molecule has 0 amide bonds. The van der Waals surface area contributed by atoms with Crippen LogP contribution in [-0.2, 0) is 0 Å². The molecule has 1 aromatic heterocycles. The van der Waals surface area contributed by atoms with Crippen LogP contribution in [0.1, 0.15) is 38.1 Å². The third kappa shape index (κ3) is 3.97. The van der Waals surface area contributed by atoms with Gasteiger partial charge in [-0.05, 0) is 32.6 Å². The van der Waals surface area contributed by atoms with Gasteiger partial charge in [-0.2, -0.15) is 0 Å². The quantitative estimate of drug-likeness (QED) is 0.801. The highest BCUT2D eigenvalue weighted by Gasteiger charge is 2.06. The molecule has 0 radical (unpaired) electrons. The largest absolute Gasteiger partial charge is 0.368 e. The van der Waals surface area contributed by atoms with Crippen LogP contribution >= 0.6 is 11.6 Å². The van der Waals surface area contributed by atoms with Crippen molar-refractivity contribution in [2.45, 2.75) is 40.5 Å². The molecule has 0 aliphatic carbocycles. The zero-order chi connectivity index (χ0) is 12.1. The Labute approximate surface area is 103 Å². The minimum absolute atomic E-state index is 0.465. The second kappa shape index (κ2) is 6.04. The fourth-order valence-corrected chi connectivity index (χ4v) is 1.64. The first-order chi connectivity index (χ1) is 7.50. The van der Waals surface area contributed by atoms with Crippen LogP contribution in [0, 0.1) is 19.8 Å². The number of halogens is 1. The predicted molar refractivity (Wildman–Crippen MR) is 69.1 cm³/mol. The van der Waals surface area contributed by atoms with Gasteiger partial charge in [-0.1, -0.05) is 25.4 Å². The van der Waals surface area contributed by atoms with Crippen LogP contribution in [0.15, 0.2) is 0 Å². The second-order valence-electron chi connectivity index (χ2n) is 4.50. The van der Waals surface area contributed by atoms with E-state index in [-0.39, 0.29) is 0 Å².